The van der Waals surface area contributed by atoms with Gasteiger partial charge in [-0.25, -0.2) is 0 Å². The van der Waals surface area contributed by atoms with Crippen molar-refractivity contribution >= 4 is 21.8 Å². The fraction of sp³-hybridized carbons (Fsp3) is 0.0769. The highest BCUT2D eigenvalue weighted by Gasteiger charge is 2.31. The van der Waals surface area contributed by atoms with Crippen molar-refractivity contribution in [2.45, 2.75) is 18.6 Å². The normalized spacial score (nSPS) is 18.7. The van der Waals surface area contributed by atoms with Gasteiger partial charge in [0.1, 0.15) is 6.29 Å². The second-order valence-corrected chi connectivity index (χ2v) is 11.2. The lowest BCUT2D eigenvalue weighted by molar-refractivity contribution is 0.161. The lowest BCUT2D eigenvalue weighted by Gasteiger charge is -2.40. The molecular formula is C39H32N4. The highest BCUT2D eigenvalue weighted by Crippen LogP contribution is 2.38. The number of rotatable bonds is 5. The molecule has 208 valence electrons. The van der Waals surface area contributed by atoms with E-state index in [0.29, 0.717) is 0 Å². The van der Waals surface area contributed by atoms with Gasteiger partial charge in [-0.2, -0.15) is 0 Å². The van der Waals surface area contributed by atoms with E-state index in [1.54, 1.807) is 0 Å². The summed E-state index contributed by atoms with van der Waals surface area (Å²) in [5.74, 6) is 0. The second-order valence-electron chi connectivity index (χ2n) is 11.2. The molecular weight excluding hydrogens is 524 g/mol. The van der Waals surface area contributed by atoms with E-state index in [9.17, 15) is 0 Å². The van der Waals surface area contributed by atoms with Crippen LogP contribution in [-0.2, 0) is 0 Å². The number of benzene rings is 6. The molecule has 3 N–H and O–H groups in total. The summed E-state index contributed by atoms with van der Waals surface area (Å²) in [7, 11) is 0. The molecule has 2 heterocycles. The molecule has 0 radical (unpaired) electrons. The number of hydrogen-bond acceptors (Lipinski definition) is 3. The van der Waals surface area contributed by atoms with E-state index < -0.39 is 0 Å². The quantitative estimate of drug-likeness (QED) is 0.199. The average Bonchev–Trinajstić information content (AvgIpc) is 3.42. The van der Waals surface area contributed by atoms with Gasteiger partial charge in [-0.3, -0.25) is 16.0 Å². The van der Waals surface area contributed by atoms with E-state index in [2.05, 4.69) is 178 Å². The van der Waals surface area contributed by atoms with Crippen LogP contribution in [0.25, 0.3) is 44.1 Å². The highest BCUT2D eigenvalue weighted by atomic mass is 15.4. The smallest absolute Gasteiger partial charge is 0.142 e. The predicted molar refractivity (Wildman–Crippen MR) is 177 cm³/mol. The maximum absolute atomic E-state index is 3.90. The third-order valence-corrected chi connectivity index (χ3v) is 8.52. The molecule has 43 heavy (non-hydrogen) atoms. The van der Waals surface area contributed by atoms with E-state index in [0.717, 1.165) is 0 Å². The summed E-state index contributed by atoms with van der Waals surface area (Å²) in [4.78, 5) is 0. The van der Waals surface area contributed by atoms with Gasteiger partial charge in [0.25, 0.3) is 0 Å². The van der Waals surface area contributed by atoms with Gasteiger partial charge in [0.15, 0.2) is 0 Å². The van der Waals surface area contributed by atoms with Gasteiger partial charge in [0, 0.05) is 10.8 Å². The van der Waals surface area contributed by atoms with Crippen LogP contribution in [0.1, 0.15) is 29.7 Å². The number of nitrogens with zero attached hydrogens (tertiary/aromatic N) is 1. The van der Waals surface area contributed by atoms with Crippen LogP contribution in [0.15, 0.2) is 158 Å². The van der Waals surface area contributed by atoms with E-state index in [1.165, 1.54) is 55.2 Å². The van der Waals surface area contributed by atoms with Crippen molar-refractivity contribution in [3.05, 3.63) is 169 Å². The molecule has 1 aliphatic rings. The molecule has 0 spiro atoms. The molecule has 2 atom stereocenters. The van der Waals surface area contributed by atoms with Gasteiger partial charge in [0.2, 0.25) is 0 Å². The fourth-order valence-electron chi connectivity index (χ4n) is 6.40. The SMILES string of the molecule is c1ccc(-c2ccc3c(c2)c2ccc(-c4ccccc4)cc2n3C2NC(c3ccccc3)NC(c3ccccc3)N2)cc1. The van der Waals surface area contributed by atoms with Gasteiger partial charge in [-0.15, -0.1) is 0 Å². The summed E-state index contributed by atoms with van der Waals surface area (Å²) in [5, 5.41) is 14.1. The molecule has 1 aliphatic heterocycles. The zero-order chi connectivity index (χ0) is 28.6. The van der Waals surface area contributed by atoms with Crippen molar-refractivity contribution in [1.29, 1.82) is 0 Å². The van der Waals surface area contributed by atoms with Crippen molar-refractivity contribution in [2.75, 3.05) is 0 Å². The van der Waals surface area contributed by atoms with Crippen LogP contribution in [0.5, 0.6) is 0 Å². The summed E-state index contributed by atoms with van der Waals surface area (Å²) >= 11 is 0. The zero-order valence-electron chi connectivity index (χ0n) is 23.7. The van der Waals surface area contributed by atoms with Crippen LogP contribution in [-0.4, -0.2) is 4.57 Å². The number of aromatic nitrogens is 1. The summed E-state index contributed by atoms with van der Waals surface area (Å²) in [6, 6.07) is 56.3. The first-order chi connectivity index (χ1) is 21.3. The van der Waals surface area contributed by atoms with Gasteiger partial charge in [-0.1, -0.05) is 140 Å². The Morgan fingerprint density at radius 1 is 0.372 bits per heavy atom. The minimum absolute atomic E-state index is 0.0499. The monoisotopic (exact) mass is 556 g/mol. The Hall–Kier alpha value is -5.00. The van der Waals surface area contributed by atoms with Gasteiger partial charge in [0.05, 0.1) is 23.4 Å². The minimum atomic E-state index is -0.176. The molecule has 1 saturated heterocycles. The molecule has 0 amide bonds. The third-order valence-electron chi connectivity index (χ3n) is 8.52. The van der Waals surface area contributed by atoms with E-state index >= 15 is 0 Å². The van der Waals surface area contributed by atoms with E-state index in [4.69, 9.17) is 0 Å². The van der Waals surface area contributed by atoms with Gasteiger partial charge >= 0.3 is 0 Å². The summed E-state index contributed by atoms with van der Waals surface area (Å²) in [6.07, 6.45) is -0.276. The topological polar surface area (TPSA) is 41.0 Å². The first kappa shape index (κ1) is 25.7. The average molecular weight is 557 g/mol. The molecule has 1 aromatic heterocycles. The third kappa shape index (κ3) is 4.82. The van der Waals surface area contributed by atoms with E-state index in [-0.39, 0.29) is 18.6 Å². The lowest BCUT2D eigenvalue weighted by atomic mass is 10.0. The largest absolute Gasteiger partial charge is 0.311 e. The van der Waals surface area contributed by atoms with Crippen molar-refractivity contribution in [1.82, 2.24) is 20.5 Å². The van der Waals surface area contributed by atoms with Crippen molar-refractivity contribution in [2.24, 2.45) is 0 Å². The first-order valence-corrected chi connectivity index (χ1v) is 14.9. The molecule has 0 aliphatic carbocycles. The van der Waals surface area contributed by atoms with Crippen LogP contribution in [0, 0.1) is 0 Å². The number of nitrogens with one attached hydrogen (secondary N) is 3. The van der Waals surface area contributed by atoms with Crippen molar-refractivity contribution in [3.63, 3.8) is 0 Å². The summed E-state index contributed by atoms with van der Waals surface area (Å²) in [6.45, 7) is 0. The molecule has 0 saturated carbocycles. The molecule has 8 rings (SSSR count). The Kier molecular flexibility index (Phi) is 6.58. The molecule has 0 bridgehead atoms. The summed E-state index contributed by atoms with van der Waals surface area (Å²) in [5.41, 5.74) is 9.62. The molecule has 7 aromatic rings. The van der Waals surface area contributed by atoms with E-state index in [1.807, 2.05) is 0 Å². The first-order valence-electron chi connectivity index (χ1n) is 14.9. The Bertz CT molecular complexity index is 1950. The maximum Gasteiger partial charge on any atom is 0.142 e. The lowest BCUT2D eigenvalue weighted by Crippen LogP contribution is -2.56. The summed E-state index contributed by atoms with van der Waals surface area (Å²) < 4.78 is 2.44. The van der Waals surface area contributed by atoms with Crippen LogP contribution in [0.4, 0.5) is 0 Å². The maximum atomic E-state index is 3.90. The highest BCUT2D eigenvalue weighted by molar-refractivity contribution is 6.10. The molecule has 4 heteroatoms. The Balaban J connectivity index is 1.33. The number of hydrogen-bond donors (Lipinski definition) is 3. The Morgan fingerprint density at radius 2 is 0.860 bits per heavy atom. The van der Waals surface area contributed by atoms with Gasteiger partial charge < -0.3 is 4.57 Å². The zero-order valence-corrected chi connectivity index (χ0v) is 23.7. The van der Waals surface area contributed by atoms with Gasteiger partial charge in [-0.05, 0) is 51.6 Å². The Labute approximate surface area is 251 Å². The van der Waals surface area contributed by atoms with Crippen molar-refractivity contribution < 1.29 is 0 Å². The van der Waals surface area contributed by atoms with Crippen LogP contribution in [0.3, 0.4) is 0 Å². The molecule has 4 nitrogen and oxygen atoms in total. The second kappa shape index (κ2) is 11.0. The fourth-order valence-corrected chi connectivity index (χ4v) is 6.40. The van der Waals surface area contributed by atoms with Crippen LogP contribution >= 0.6 is 0 Å². The molecule has 1 fully saturated rings. The standard InChI is InChI=1S/C39H32N4/c1-5-13-27(14-6-1)31-22-24-35-34(25-31)33-23-21-32(28-15-7-2-8-16-28)26-36(33)43(35)39-41-37(29-17-9-3-10-18-29)40-38(42-39)30-19-11-4-12-20-30/h1-26,37-42H. The van der Waals surface area contributed by atoms with Crippen LogP contribution in [0.2, 0.25) is 0 Å². The minimum Gasteiger partial charge on any atom is -0.311 e. The number of fused-ring (bicyclic) bond motifs is 3. The molecule has 2 unspecified atom stereocenters. The molecule has 6 aromatic carbocycles. The van der Waals surface area contributed by atoms with Crippen molar-refractivity contribution in [3.8, 4) is 22.3 Å². The predicted octanol–water partition coefficient (Wildman–Crippen LogP) is 8.76. The van der Waals surface area contributed by atoms with Crippen LogP contribution < -0.4 is 16.0 Å². The Morgan fingerprint density at radius 3 is 1.42 bits per heavy atom.